The number of aromatic nitrogens is 2. The van der Waals surface area contributed by atoms with Gasteiger partial charge in [-0.25, -0.2) is 9.78 Å². The predicted molar refractivity (Wildman–Crippen MR) is 127 cm³/mol. The first-order valence-electron chi connectivity index (χ1n) is 10.6. The Morgan fingerprint density at radius 2 is 2.00 bits per heavy atom. The van der Waals surface area contributed by atoms with Crippen molar-refractivity contribution in [2.24, 2.45) is 0 Å². The van der Waals surface area contributed by atoms with Crippen LogP contribution in [0, 0.1) is 12.3 Å². The van der Waals surface area contributed by atoms with Crippen LogP contribution in [-0.2, 0) is 0 Å². The molecule has 2 unspecified atom stereocenters. The van der Waals surface area contributed by atoms with Crippen LogP contribution >= 0.6 is 0 Å². The topological polar surface area (TPSA) is 115 Å². The first kappa shape index (κ1) is 21.5. The molecule has 3 heterocycles. The van der Waals surface area contributed by atoms with E-state index in [0.29, 0.717) is 23.0 Å². The number of hydrogen-bond donors (Lipinski definition) is 5. The van der Waals surface area contributed by atoms with E-state index < -0.39 is 0 Å². The van der Waals surface area contributed by atoms with Gasteiger partial charge in [-0.05, 0) is 43.0 Å². The number of urea groups is 1. The summed E-state index contributed by atoms with van der Waals surface area (Å²) in [6.45, 7) is 3.54. The number of hydrogen-bond acceptors (Lipinski definition) is 6. The molecule has 1 saturated heterocycles. The lowest BCUT2D eigenvalue weighted by atomic mass is 9.89. The number of benzene rings is 1. The molecule has 2 aromatic heterocycles. The third kappa shape index (κ3) is 5.47. The number of amides is 2. The summed E-state index contributed by atoms with van der Waals surface area (Å²) in [7, 11) is 0. The van der Waals surface area contributed by atoms with Crippen LogP contribution in [0.25, 0.3) is 0 Å². The predicted octanol–water partition coefficient (Wildman–Crippen LogP) is 3.79. The number of anilines is 3. The van der Waals surface area contributed by atoms with Crippen LogP contribution in [-0.4, -0.2) is 41.3 Å². The molecule has 0 bridgehead atoms. The van der Waals surface area contributed by atoms with E-state index in [1.165, 1.54) is 11.8 Å². The Morgan fingerprint density at radius 3 is 2.78 bits per heavy atom. The zero-order valence-electron chi connectivity index (χ0n) is 17.9. The maximum absolute atomic E-state index is 12.6. The monoisotopic (exact) mass is 429 g/mol. The molecular formula is C24H27N7O. The van der Waals surface area contributed by atoms with Crippen molar-refractivity contribution in [2.45, 2.75) is 25.3 Å². The number of carbonyl (C=O) groups excluding carboxylic acids is 1. The fourth-order valence-corrected chi connectivity index (χ4v) is 3.91. The van der Waals surface area contributed by atoms with Gasteiger partial charge in [0.2, 0.25) is 0 Å². The summed E-state index contributed by atoms with van der Waals surface area (Å²) in [4.78, 5) is 21.1. The number of aryl methyl sites for hydroxylation is 1. The Balaban J connectivity index is 1.37. The minimum atomic E-state index is -0.306. The highest BCUT2D eigenvalue weighted by molar-refractivity contribution is 5.92. The first-order chi connectivity index (χ1) is 15.6. The van der Waals surface area contributed by atoms with Crippen molar-refractivity contribution in [1.29, 1.82) is 5.41 Å². The molecule has 2 atom stereocenters. The third-order valence-corrected chi connectivity index (χ3v) is 5.47. The summed E-state index contributed by atoms with van der Waals surface area (Å²) in [6, 6.07) is 15.5. The van der Waals surface area contributed by atoms with Crippen LogP contribution in [0.4, 0.5) is 22.0 Å². The van der Waals surface area contributed by atoms with Crippen LogP contribution in [0.15, 0.2) is 60.9 Å². The van der Waals surface area contributed by atoms with Gasteiger partial charge in [0.15, 0.2) is 0 Å². The number of nitrogens with one attached hydrogen (secondary N) is 5. The molecule has 4 rings (SSSR count). The van der Waals surface area contributed by atoms with Gasteiger partial charge in [-0.1, -0.05) is 30.3 Å². The number of nitrogens with zero attached hydrogens (tertiary/aromatic N) is 2. The Bertz CT molecular complexity index is 1090. The van der Waals surface area contributed by atoms with E-state index in [2.05, 4.69) is 43.4 Å². The highest BCUT2D eigenvalue weighted by Crippen LogP contribution is 2.24. The first-order valence-corrected chi connectivity index (χ1v) is 10.6. The zero-order chi connectivity index (χ0) is 22.3. The van der Waals surface area contributed by atoms with Gasteiger partial charge >= 0.3 is 6.03 Å². The molecule has 8 heteroatoms. The second kappa shape index (κ2) is 10.0. The van der Waals surface area contributed by atoms with E-state index >= 15 is 0 Å². The number of carbonyl (C=O) groups is 1. The summed E-state index contributed by atoms with van der Waals surface area (Å²) < 4.78 is 0. The second-order valence-corrected chi connectivity index (χ2v) is 7.91. The summed E-state index contributed by atoms with van der Waals surface area (Å²) in [5.74, 6) is 0.751. The molecule has 0 aliphatic carbocycles. The Hall–Kier alpha value is -3.78. The van der Waals surface area contributed by atoms with E-state index in [9.17, 15) is 4.79 Å². The van der Waals surface area contributed by atoms with Crippen LogP contribution in [0.5, 0.6) is 0 Å². The Morgan fingerprint density at radius 1 is 1.16 bits per heavy atom. The summed E-state index contributed by atoms with van der Waals surface area (Å²) in [5.41, 5.74) is 4.32. The van der Waals surface area contributed by atoms with Crippen LogP contribution < -0.4 is 21.3 Å². The summed E-state index contributed by atoms with van der Waals surface area (Å²) >= 11 is 0. The van der Waals surface area contributed by atoms with Crippen LogP contribution in [0.1, 0.15) is 29.2 Å². The van der Waals surface area contributed by atoms with Gasteiger partial charge in [0.05, 0.1) is 11.9 Å². The molecular weight excluding hydrogens is 402 g/mol. The van der Waals surface area contributed by atoms with E-state index in [1.54, 1.807) is 18.5 Å². The number of pyridine rings is 2. The molecule has 0 saturated carbocycles. The Labute approximate surface area is 187 Å². The quantitative estimate of drug-likeness (QED) is 0.383. The molecule has 1 aliphatic heterocycles. The summed E-state index contributed by atoms with van der Waals surface area (Å²) in [6.07, 6.45) is 5.44. The third-order valence-electron chi connectivity index (χ3n) is 5.47. The van der Waals surface area contributed by atoms with Gasteiger partial charge in [-0.2, -0.15) is 0 Å². The standard InChI is InChI=1S/C24H27N7O/c1-16-9-20(7-8-27-16)29-22-15-28-23(11-18(22)12-25)31-24(32)30-21-10-19(13-26-14-21)17-5-3-2-4-6-17/h2-9,11-12,15,19,21,25-26H,10,13-14H2,1H3,(H,27,29)(H2,28,30,31,32). The normalized spacial score (nSPS) is 17.9. The molecule has 164 valence electrons. The lowest BCUT2D eigenvalue weighted by Gasteiger charge is -2.31. The van der Waals surface area contributed by atoms with Gasteiger partial charge in [0.1, 0.15) is 5.82 Å². The molecule has 32 heavy (non-hydrogen) atoms. The van der Waals surface area contributed by atoms with Crippen LogP contribution in [0.3, 0.4) is 0 Å². The lowest BCUT2D eigenvalue weighted by Crippen LogP contribution is -2.49. The highest BCUT2D eigenvalue weighted by Gasteiger charge is 2.24. The molecule has 1 aliphatic rings. The van der Waals surface area contributed by atoms with Gasteiger partial charge in [-0.3, -0.25) is 10.3 Å². The molecule has 5 N–H and O–H groups in total. The van der Waals surface area contributed by atoms with E-state index in [1.807, 2.05) is 37.3 Å². The number of rotatable bonds is 6. The van der Waals surface area contributed by atoms with Gasteiger partial charge in [-0.15, -0.1) is 0 Å². The van der Waals surface area contributed by atoms with Crippen molar-refractivity contribution >= 4 is 29.4 Å². The minimum absolute atomic E-state index is 0.0204. The molecule has 1 aromatic carbocycles. The molecule has 0 radical (unpaired) electrons. The maximum atomic E-state index is 12.6. The van der Waals surface area contributed by atoms with E-state index in [0.717, 1.165) is 30.9 Å². The maximum Gasteiger partial charge on any atom is 0.320 e. The Kier molecular flexibility index (Phi) is 6.72. The fourth-order valence-electron chi connectivity index (χ4n) is 3.91. The molecule has 2 amide bonds. The van der Waals surface area contributed by atoms with Crippen molar-refractivity contribution in [3.05, 3.63) is 77.7 Å². The largest absolute Gasteiger partial charge is 0.354 e. The lowest BCUT2D eigenvalue weighted by molar-refractivity contribution is 0.243. The van der Waals surface area contributed by atoms with Crippen molar-refractivity contribution < 1.29 is 4.79 Å². The zero-order valence-corrected chi connectivity index (χ0v) is 17.9. The van der Waals surface area contributed by atoms with Gasteiger partial charge in [0, 0.05) is 48.5 Å². The number of piperidine rings is 1. The van der Waals surface area contributed by atoms with Crippen molar-refractivity contribution in [3.8, 4) is 0 Å². The second-order valence-electron chi connectivity index (χ2n) is 7.91. The van der Waals surface area contributed by atoms with Crippen molar-refractivity contribution in [1.82, 2.24) is 20.6 Å². The SMILES string of the molecule is Cc1cc(Nc2cnc(NC(=O)NC3CNCC(c4ccccc4)C3)cc2C=N)ccn1. The minimum Gasteiger partial charge on any atom is -0.354 e. The molecule has 3 aromatic rings. The van der Waals surface area contributed by atoms with Gasteiger partial charge in [0.25, 0.3) is 0 Å². The fraction of sp³-hybridized carbons (Fsp3) is 0.250. The van der Waals surface area contributed by atoms with Crippen molar-refractivity contribution in [3.63, 3.8) is 0 Å². The smallest absolute Gasteiger partial charge is 0.320 e. The molecule has 1 fully saturated rings. The van der Waals surface area contributed by atoms with E-state index in [-0.39, 0.29) is 12.1 Å². The van der Waals surface area contributed by atoms with Crippen LogP contribution in [0.2, 0.25) is 0 Å². The summed E-state index contributed by atoms with van der Waals surface area (Å²) in [5, 5.41) is 20.2. The average molecular weight is 430 g/mol. The average Bonchev–Trinajstić information content (AvgIpc) is 2.81. The molecule has 8 nitrogen and oxygen atoms in total. The highest BCUT2D eigenvalue weighted by atomic mass is 16.2. The van der Waals surface area contributed by atoms with Gasteiger partial charge < -0.3 is 21.4 Å². The van der Waals surface area contributed by atoms with E-state index in [4.69, 9.17) is 5.41 Å². The molecule has 0 spiro atoms. The van der Waals surface area contributed by atoms with Crippen molar-refractivity contribution in [2.75, 3.05) is 23.7 Å².